The van der Waals surface area contributed by atoms with Crippen LogP contribution in [0, 0.1) is 0 Å². The summed E-state index contributed by atoms with van der Waals surface area (Å²) < 4.78 is 9.69. The Hall–Kier alpha value is -2.21. The lowest BCUT2D eigenvalue weighted by atomic mass is 10.1. The summed E-state index contributed by atoms with van der Waals surface area (Å²) in [7, 11) is 1.33. The highest BCUT2D eigenvalue weighted by Crippen LogP contribution is 2.32. The fourth-order valence-electron chi connectivity index (χ4n) is 1.31. The molecule has 0 saturated carbocycles. The quantitative estimate of drug-likeness (QED) is 0.813. The molecular weight excluding hydrogens is 274 g/mol. The lowest BCUT2D eigenvalue weighted by Crippen LogP contribution is -2.17. The molecule has 0 unspecified atom stereocenters. The van der Waals surface area contributed by atoms with Crippen molar-refractivity contribution in [3.05, 3.63) is 35.4 Å². The van der Waals surface area contributed by atoms with Gasteiger partial charge in [-0.2, -0.15) is 0 Å². The number of anilines is 1. The number of rotatable bonds is 5. The maximum atomic E-state index is 11.4. The van der Waals surface area contributed by atoms with Gasteiger partial charge in [0.1, 0.15) is 18.0 Å². The van der Waals surface area contributed by atoms with Gasteiger partial charge in [0.2, 0.25) is 0 Å². The lowest BCUT2D eigenvalue weighted by Gasteiger charge is -2.13. The van der Waals surface area contributed by atoms with Crippen LogP contribution in [0.1, 0.15) is 10.4 Å². The molecule has 0 atom stereocenters. The van der Waals surface area contributed by atoms with E-state index in [2.05, 4.69) is 11.9 Å². The Morgan fingerprint density at radius 3 is 2.74 bits per heavy atom. The Morgan fingerprint density at radius 1 is 1.53 bits per heavy atom. The number of hydrogen-bond donors (Lipinski definition) is 2. The van der Waals surface area contributed by atoms with Crippen molar-refractivity contribution in [3.63, 3.8) is 0 Å². The first-order valence-electron chi connectivity index (χ1n) is 5.15. The van der Waals surface area contributed by atoms with Crippen molar-refractivity contribution in [2.45, 2.75) is 0 Å². The summed E-state index contributed by atoms with van der Waals surface area (Å²) >= 11 is 5.76. The highest BCUT2D eigenvalue weighted by Gasteiger charge is 2.19. The predicted octanol–water partition coefficient (Wildman–Crippen LogP) is 2.78. The summed E-state index contributed by atoms with van der Waals surface area (Å²) in [6.45, 7) is 3.39. The number of benzene rings is 1. The van der Waals surface area contributed by atoms with E-state index in [-0.39, 0.29) is 28.6 Å². The molecule has 0 fully saturated rings. The number of aromatic carboxylic acids is 1. The van der Waals surface area contributed by atoms with Crippen LogP contribution in [0.2, 0.25) is 5.02 Å². The SMILES string of the molecule is C=CCOC(=O)Nc1c(OC)cc(Cl)cc1C(=O)O. The Balaban J connectivity index is 3.12. The topological polar surface area (TPSA) is 84.9 Å². The van der Waals surface area contributed by atoms with Crippen LogP contribution in [-0.2, 0) is 4.74 Å². The molecule has 1 amide bonds. The summed E-state index contributed by atoms with van der Waals surface area (Å²) in [5, 5.41) is 11.6. The molecular formula is C12H12ClNO5. The van der Waals surface area contributed by atoms with Crippen molar-refractivity contribution >= 4 is 29.4 Å². The van der Waals surface area contributed by atoms with Crippen molar-refractivity contribution in [3.8, 4) is 5.75 Å². The zero-order valence-corrected chi connectivity index (χ0v) is 10.9. The molecule has 2 N–H and O–H groups in total. The number of methoxy groups -OCH3 is 1. The third-order valence-electron chi connectivity index (χ3n) is 2.08. The van der Waals surface area contributed by atoms with Gasteiger partial charge in [-0.05, 0) is 6.07 Å². The van der Waals surface area contributed by atoms with Crippen molar-refractivity contribution in [2.75, 3.05) is 19.0 Å². The lowest BCUT2D eigenvalue weighted by molar-refractivity contribution is 0.0697. The second kappa shape index (κ2) is 6.65. The van der Waals surface area contributed by atoms with Crippen LogP contribution in [0.5, 0.6) is 5.75 Å². The van der Waals surface area contributed by atoms with Crippen molar-refractivity contribution in [2.24, 2.45) is 0 Å². The summed E-state index contributed by atoms with van der Waals surface area (Å²) in [4.78, 5) is 22.6. The molecule has 102 valence electrons. The van der Waals surface area contributed by atoms with Gasteiger partial charge in [0.25, 0.3) is 0 Å². The van der Waals surface area contributed by atoms with E-state index in [9.17, 15) is 9.59 Å². The number of ether oxygens (including phenoxy) is 2. The summed E-state index contributed by atoms with van der Waals surface area (Å²) in [6.07, 6.45) is 0.569. The van der Waals surface area contributed by atoms with E-state index in [1.807, 2.05) is 0 Å². The average molecular weight is 286 g/mol. The Labute approximate surface area is 114 Å². The average Bonchev–Trinajstić information content (AvgIpc) is 2.37. The van der Waals surface area contributed by atoms with E-state index in [1.165, 1.54) is 25.3 Å². The fraction of sp³-hybridized carbons (Fsp3) is 0.167. The van der Waals surface area contributed by atoms with Gasteiger partial charge in [-0.25, -0.2) is 9.59 Å². The second-order valence-electron chi connectivity index (χ2n) is 3.35. The monoisotopic (exact) mass is 285 g/mol. The molecule has 0 aromatic heterocycles. The zero-order chi connectivity index (χ0) is 14.4. The van der Waals surface area contributed by atoms with E-state index >= 15 is 0 Å². The van der Waals surface area contributed by atoms with E-state index in [0.717, 1.165) is 0 Å². The first-order chi connectivity index (χ1) is 8.99. The van der Waals surface area contributed by atoms with Crippen molar-refractivity contribution < 1.29 is 24.2 Å². The summed E-state index contributed by atoms with van der Waals surface area (Å²) in [5.41, 5.74) is -0.214. The number of amides is 1. The number of carboxylic acids is 1. The van der Waals surface area contributed by atoms with Gasteiger partial charge in [-0.3, -0.25) is 5.32 Å². The third-order valence-corrected chi connectivity index (χ3v) is 2.29. The van der Waals surface area contributed by atoms with Crippen LogP contribution in [0.3, 0.4) is 0 Å². The highest BCUT2D eigenvalue weighted by molar-refractivity contribution is 6.31. The molecule has 7 heteroatoms. The van der Waals surface area contributed by atoms with Crippen LogP contribution < -0.4 is 10.1 Å². The van der Waals surface area contributed by atoms with Crippen molar-refractivity contribution in [1.82, 2.24) is 0 Å². The number of carbonyl (C=O) groups excluding carboxylic acids is 1. The van der Waals surface area contributed by atoms with E-state index in [1.54, 1.807) is 0 Å². The smallest absolute Gasteiger partial charge is 0.412 e. The molecule has 1 aromatic carbocycles. The molecule has 0 bridgehead atoms. The number of nitrogens with one attached hydrogen (secondary N) is 1. The van der Waals surface area contributed by atoms with E-state index in [0.29, 0.717) is 0 Å². The minimum atomic E-state index is -1.25. The molecule has 0 radical (unpaired) electrons. The number of halogens is 1. The molecule has 0 saturated heterocycles. The molecule has 0 aliphatic rings. The first-order valence-corrected chi connectivity index (χ1v) is 5.53. The molecule has 0 spiro atoms. The summed E-state index contributed by atoms with van der Waals surface area (Å²) in [5.74, 6) is -1.12. The minimum Gasteiger partial charge on any atom is -0.494 e. The zero-order valence-electron chi connectivity index (χ0n) is 10.1. The van der Waals surface area contributed by atoms with Gasteiger partial charge < -0.3 is 14.6 Å². The van der Waals surface area contributed by atoms with Crippen LogP contribution in [0.15, 0.2) is 24.8 Å². The molecule has 19 heavy (non-hydrogen) atoms. The first kappa shape index (κ1) is 14.8. The number of hydrogen-bond acceptors (Lipinski definition) is 4. The fourth-order valence-corrected chi connectivity index (χ4v) is 1.52. The molecule has 0 aliphatic carbocycles. The standard InChI is InChI=1S/C12H12ClNO5/c1-3-4-19-12(17)14-10-8(11(15)16)5-7(13)6-9(10)18-2/h3,5-6H,1,4H2,2H3,(H,14,17)(H,15,16). The third kappa shape index (κ3) is 3.89. The maximum Gasteiger partial charge on any atom is 0.412 e. The van der Waals surface area contributed by atoms with Crippen LogP contribution in [-0.4, -0.2) is 30.9 Å². The molecule has 1 rings (SSSR count). The van der Waals surface area contributed by atoms with E-state index < -0.39 is 12.1 Å². The Morgan fingerprint density at radius 2 is 2.21 bits per heavy atom. The van der Waals surface area contributed by atoms with Gasteiger partial charge in [-0.15, -0.1) is 0 Å². The molecule has 0 aliphatic heterocycles. The van der Waals surface area contributed by atoms with E-state index in [4.69, 9.17) is 26.2 Å². The van der Waals surface area contributed by atoms with Gasteiger partial charge in [0, 0.05) is 11.1 Å². The highest BCUT2D eigenvalue weighted by atomic mass is 35.5. The molecule has 0 heterocycles. The molecule has 6 nitrogen and oxygen atoms in total. The van der Waals surface area contributed by atoms with Gasteiger partial charge in [0.05, 0.1) is 12.7 Å². The Bertz CT molecular complexity index is 515. The Kier molecular flexibility index (Phi) is 5.20. The van der Waals surface area contributed by atoms with Crippen molar-refractivity contribution in [1.29, 1.82) is 0 Å². The number of carbonyl (C=O) groups is 2. The largest absolute Gasteiger partial charge is 0.494 e. The normalized spacial score (nSPS) is 9.58. The van der Waals surface area contributed by atoms with Crippen LogP contribution in [0.25, 0.3) is 0 Å². The van der Waals surface area contributed by atoms with Crippen LogP contribution >= 0.6 is 11.6 Å². The summed E-state index contributed by atoms with van der Waals surface area (Å²) in [6, 6.07) is 2.59. The van der Waals surface area contributed by atoms with Gasteiger partial charge in [-0.1, -0.05) is 24.3 Å². The second-order valence-corrected chi connectivity index (χ2v) is 3.78. The molecule has 1 aromatic rings. The minimum absolute atomic E-state index is 0.00411. The number of carboxylic acid groups (broad SMARTS) is 1. The predicted molar refractivity (Wildman–Crippen MR) is 70.1 cm³/mol. The van der Waals surface area contributed by atoms with Gasteiger partial charge in [0.15, 0.2) is 0 Å². The van der Waals surface area contributed by atoms with Gasteiger partial charge >= 0.3 is 12.1 Å². The van der Waals surface area contributed by atoms with Crippen LogP contribution in [0.4, 0.5) is 10.5 Å². The maximum absolute atomic E-state index is 11.4.